The second-order valence-corrected chi connectivity index (χ2v) is 11.4. The van der Waals surface area contributed by atoms with Gasteiger partial charge in [0.15, 0.2) is 5.71 Å². The standard InChI is InChI=1S/C31H36ClN2/c1-30(2)23-11-7-9-13-25(23)33(5)27(30)19-17-21-15-16-22(29(21)32)18-20-28-31(3,4)24-12-8-10-14-26(24)34(28)6/h7-14,17,19H,15-16,18,20H2,1-6H3/q+1. The van der Waals surface area contributed by atoms with Crippen molar-refractivity contribution in [3.8, 4) is 0 Å². The van der Waals surface area contributed by atoms with Crippen LogP contribution in [-0.2, 0) is 10.8 Å². The van der Waals surface area contributed by atoms with Crippen LogP contribution in [0.4, 0.5) is 11.4 Å². The second-order valence-electron chi connectivity index (χ2n) is 11.0. The van der Waals surface area contributed by atoms with Crippen LogP contribution in [0, 0.1) is 0 Å². The van der Waals surface area contributed by atoms with E-state index in [0.717, 1.165) is 30.7 Å². The average molecular weight is 472 g/mol. The molecule has 0 unspecified atom stereocenters. The highest BCUT2D eigenvalue weighted by Crippen LogP contribution is 2.47. The maximum atomic E-state index is 6.95. The van der Waals surface area contributed by atoms with E-state index < -0.39 is 0 Å². The van der Waals surface area contributed by atoms with Gasteiger partial charge in [0.25, 0.3) is 0 Å². The molecule has 0 radical (unpaired) electrons. The molecule has 0 atom stereocenters. The van der Waals surface area contributed by atoms with Gasteiger partial charge in [0.2, 0.25) is 5.69 Å². The average Bonchev–Trinajstić information content (AvgIpc) is 3.33. The molecule has 2 nitrogen and oxygen atoms in total. The van der Waals surface area contributed by atoms with Crippen molar-refractivity contribution >= 4 is 28.7 Å². The lowest BCUT2D eigenvalue weighted by molar-refractivity contribution is -0.404. The van der Waals surface area contributed by atoms with Gasteiger partial charge in [0, 0.05) is 46.9 Å². The molecule has 0 bridgehead atoms. The normalized spacial score (nSPS) is 22.9. The Morgan fingerprint density at radius 3 is 2.26 bits per heavy atom. The summed E-state index contributed by atoms with van der Waals surface area (Å²) in [5.41, 5.74) is 11.0. The Morgan fingerprint density at radius 2 is 1.56 bits per heavy atom. The molecule has 0 saturated heterocycles. The minimum atomic E-state index is -0.00961. The zero-order valence-electron chi connectivity index (χ0n) is 21.4. The first-order valence-electron chi connectivity index (χ1n) is 12.5. The number of rotatable bonds is 4. The number of halogens is 1. The Hall–Kier alpha value is -2.58. The summed E-state index contributed by atoms with van der Waals surface area (Å²) in [6, 6.07) is 17.5. The van der Waals surface area contributed by atoms with E-state index in [1.165, 1.54) is 45.1 Å². The molecule has 0 aromatic heterocycles. The van der Waals surface area contributed by atoms with Crippen LogP contribution in [0.3, 0.4) is 0 Å². The number of hydrogen-bond acceptors (Lipinski definition) is 1. The topological polar surface area (TPSA) is 6.25 Å². The largest absolute Gasteiger partial charge is 0.347 e. The lowest BCUT2D eigenvalue weighted by atomic mass is 9.79. The predicted molar refractivity (Wildman–Crippen MR) is 146 cm³/mol. The molecule has 1 aliphatic carbocycles. The minimum Gasteiger partial charge on any atom is -0.347 e. The summed E-state index contributed by atoms with van der Waals surface area (Å²) in [7, 11) is 4.38. The van der Waals surface area contributed by atoms with Gasteiger partial charge in [-0.1, -0.05) is 73.5 Å². The second kappa shape index (κ2) is 8.27. The van der Waals surface area contributed by atoms with Crippen LogP contribution in [0.15, 0.2) is 82.6 Å². The third-order valence-electron chi connectivity index (χ3n) is 8.40. The Morgan fingerprint density at radius 1 is 0.882 bits per heavy atom. The number of anilines is 1. The van der Waals surface area contributed by atoms with Gasteiger partial charge in [0.1, 0.15) is 7.05 Å². The Bertz CT molecular complexity index is 1290. The molecule has 0 amide bonds. The fraction of sp³-hybridized carbons (Fsp3) is 0.387. The highest BCUT2D eigenvalue weighted by atomic mass is 35.5. The smallest absolute Gasteiger partial charge is 0.209 e. The van der Waals surface area contributed by atoms with E-state index in [9.17, 15) is 0 Å². The first kappa shape index (κ1) is 23.2. The zero-order valence-corrected chi connectivity index (χ0v) is 22.1. The summed E-state index contributed by atoms with van der Waals surface area (Å²) in [5.74, 6) is 0. The van der Waals surface area contributed by atoms with E-state index in [-0.39, 0.29) is 10.8 Å². The van der Waals surface area contributed by atoms with Gasteiger partial charge in [0.05, 0.1) is 5.41 Å². The number of nitrogens with zero attached hydrogens (tertiary/aromatic N) is 2. The van der Waals surface area contributed by atoms with Crippen LogP contribution in [0.25, 0.3) is 0 Å². The van der Waals surface area contributed by atoms with E-state index in [1.54, 1.807) is 0 Å². The van der Waals surface area contributed by atoms with Crippen LogP contribution >= 0.6 is 11.6 Å². The van der Waals surface area contributed by atoms with Gasteiger partial charge in [-0.2, -0.15) is 0 Å². The molecule has 3 heteroatoms. The van der Waals surface area contributed by atoms with Gasteiger partial charge >= 0.3 is 0 Å². The van der Waals surface area contributed by atoms with Crippen LogP contribution in [0.2, 0.25) is 0 Å². The van der Waals surface area contributed by atoms with Crippen molar-refractivity contribution in [1.82, 2.24) is 0 Å². The van der Waals surface area contributed by atoms with E-state index in [1.807, 2.05) is 0 Å². The highest BCUT2D eigenvalue weighted by Gasteiger charge is 2.43. The third-order valence-corrected chi connectivity index (χ3v) is 8.91. The van der Waals surface area contributed by atoms with Crippen LogP contribution in [0.1, 0.15) is 64.5 Å². The number of hydrogen-bond donors (Lipinski definition) is 0. The predicted octanol–water partition coefficient (Wildman–Crippen LogP) is 8.00. The molecule has 0 spiro atoms. The number of likely N-dealkylation sites (N-methyl/N-ethyl adjacent to an activating group) is 1. The molecule has 2 aromatic rings. The fourth-order valence-electron chi connectivity index (χ4n) is 6.37. The minimum absolute atomic E-state index is 0.00961. The summed E-state index contributed by atoms with van der Waals surface area (Å²) in [5, 5.41) is 0.990. The maximum Gasteiger partial charge on any atom is 0.209 e. The molecule has 3 aliphatic rings. The third kappa shape index (κ3) is 3.50. The molecule has 5 rings (SSSR count). The molecule has 0 fully saturated rings. The lowest BCUT2D eigenvalue weighted by Crippen LogP contribution is -2.28. The van der Waals surface area contributed by atoms with E-state index >= 15 is 0 Å². The first-order chi connectivity index (χ1) is 16.1. The molecule has 2 aromatic carbocycles. The molecule has 2 aliphatic heterocycles. The quantitative estimate of drug-likeness (QED) is 0.409. The molecule has 34 heavy (non-hydrogen) atoms. The lowest BCUT2D eigenvalue weighted by Gasteiger charge is -2.23. The molecular weight excluding hydrogens is 436 g/mol. The van der Waals surface area contributed by atoms with E-state index in [2.05, 4.69) is 112 Å². The van der Waals surface area contributed by atoms with Crippen molar-refractivity contribution in [1.29, 1.82) is 0 Å². The molecule has 0 saturated carbocycles. The van der Waals surface area contributed by atoms with Crippen molar-refractivity contribution < 1.29 is 4.58 Å². The van der Waals surface area contributed by atoms with E-state index in [4.69, 9.17) is 11.6 Å². The van der Waals surface area contributed by atoms with Crippen molar-refractivity contribution in [3.05, 3.63) is 93.7 Å². The summed E-state index contributed by atoms with van der Waals surface area (Å²) in [4.78, 5) is 2.33. The summed E-state index contributed by atoms with van der Waals surface area (Å²) in [6.45, 7) is 9.33. The van der Waals surface area contributed by atoms with Gasteiger partial charge < -0.3 is 4.90 Å². The zero-order chi connectivity index (χ0) is 24.3. The summed E-state index contributed by atoms with van der Waals surface area (Å²) in [6.07, 6.45) is 8.73. The number of benzene rings is 2. The number of para-hydroxylation sites is 2. The van der Waals surface area contributed by atoms with Crippen molar-refractivity contribution in [3.63, 3.8) is 0 Å². The van der Waals surface area contributed by atoms with E-state index in [0.29, 0.717) is 0 Å². The van der Waals surface area contributed by atoms with Crippen molar-refractivity contribution in [2.75, 3.05) is 19.0 Å². The maximum absolute atomic E-state index is 6.95. The molecular formula is C31H36ClN2+. The van der Waals surface area contributed by atoms with Gasteiger partial charge in [-0.15, -0.1) is 0 Å². The number of fused-ring (bicyclic) bond motifs is 2. The first-order valence-corrected chi connectivity index (χ1v) is 12.8. The molecule has 0 N–H and O–H groups in total. The van der Waals surface area contributed by atoms with Gasteiger partial charge in [-0.3, -0.25) is 0 Å². The Labute approximate surface area is 210 Å². The van der Waals surface area contributed by atoms with Crippen molar-refractivity contribution in [2.24, 2.45) is 0 Å². The molecule has 2 heterocycles. The SMILES string of the molecule is CN1C(=CC=C2CCC(CCC3=[N+](C)c4ccccc4C3(C)C)=C2Cl)C(C)(C)c2ccccc21. The number of allylic oxidation sites excluding steroid dienone is 6. The monoisotopic (exact) mass is 471 g/mol. The Balaban J connectivity index is 1.36. The van der Waals surface area contributed by atoms with Gasteiger partial charge in [-0.05, 0) is 56.4 Å². The van der Waals surface area contributed by atoms with Gasteiger partial charge in [-0.25, -0.2) is 4.58 Å². The van der Waals surface area contributed by atoms with Crippen LogP contribution in [0.5, 0.6) is 0 Å². The fourth-order valence-corrected chi connectivity index (χ4v) is 6.72. The van der Waals surface area contributed by atoms with Crippen molar-refractivity contribution in [2.45, 2.75) is 64.2 Å². The highest BCUT2D eigenvalue weighted by molar-refractivity contribution is 6.32. The van der Waals surface area contributed by atoms with Crippen LogP contribution < -0.4 is 4.90 Å². The Kier molecular flexibility index (Phi) is 5.64. The summed E-state index contributed by atoms with van der Waals surface area (Å²) >= 11 is 6.95. The summed E-state index contributed by atoms with van der Waals surface area (Å²) < 4.78 is 2.40. The van der Waals surface area contributed by atoms with Crippen LogP contribution in [-0.4, -0.2) is 24.4 Å². The molecule has 176 valence electrons.